The first-order chi connectivity index (χ1) is 19.4. The summed E-state index contributed by atoms with van der Waals surface area (Å²) < 4.78 is 11.0. The van der Waals surface area contributed by atoms with Gasteiger partial charge in [0, 0.05) is 5.39 Å². The summed E-state index contributed by atoms with van der Waals surface area (Å²) in [5, 5.41) is 0.727. The molecule has 2 amide bonds. The summed E-state index contributed by atoms with van der Waals surface area (Å²) >= 11 is 0. The van der Waals surface area contributed by atoms with E-state index in [1.165, 1.54) is 0 Å². The molecule has 1 aliphatic heterocycles. The quantitative estimate of drug-likeness (QED) is 0.230. The number of benzene rings is 3. The number of para-hydroxylation sites is 1. The van der Waals surface area contributed by atoms with Gasteiger partial charge in [-0.1, -0.05) is 49.4 Å². The van der Waals surface area contributed by atoms with E-state index in [0.717, 1.165) is 44.9 Å². The number of imide groups is 1. The van der Waals surface area contributed by atoms with E-state index >= 15 is 0 Å². The molecule has 40 heavy (non-hydrogen) atoms. The van der Waals surface area contributed by atoms with Crippen molar-refractivity contribution in [1.82, 2.24) is 9.88 Å². The third kappa shape index (κ3) is 4.53. The van der Waals surface area contributed by atoms with Crippen LogP contribution in [0.4, 0.5) is 0 Å². The number of fused-ring (bicyclic) bond motifs is 3. The number of ether oxygens (including phenoxy) is 2. The molecule has 1 aromatic heterocycles. The van der Waals surface area contributed by atoms with Crippen LogP contribution < -0.4 is 4.74 Å². The lowest BCUT2D eigenvalue weighted by Crippen LogP contribution is -2.33. The maximum atomic E-state index is 13.7. The summed E-state index contributed by atoms with van der Waals surface area (Å²) in [5.41, 5.74) is 5.71. The van der Waals surface area contributed by atoms with Crippen LogP contribution in [0, 0.1) is 5.92 Å². The van der Waals surface area contributed by atoms with Crippen molar-refractivity contribution >= 4 is 40.3 Å². The minimum absolute atomic E-state index is 0.0116. The number of aromatic nitrogens is 1. The Bertz CT molecular complexity index is 1650. The van der Waals surface area contributed by atoms with E-state index in [1.54, 1.807) is 31.4 Å². The minimum Gasteiger partial charge on any atom is -0.497 e. The van der Waals surface area contributed by atoms with Gasteiger partial charge in [-0.05, 0) is 71.9 Å². The second kappa shape index (κ2) is 10.4. The average Bonchev–Trinajstić information content (AvgIpc) is 3.21. The van der Waals surface area contributed by atoms with Gasteiger partial charge < -0.3 is 9.47 Å². The molecule has 0 radical (unpaired) electrons. The van der Waals surface area contributed by atoms with Crippen LogP contribution in [-0.2, 0) is 11.2 Å². The molecule has 0 saturated heterocycles. The summed E-state index contributed by atoms with van der Waals surface area (Å²) in [6.45, 7) is 2.06. The van der Waals surface area contributed by atoms with Crippen LogP contribution in [0.25, 0.3) is 22.6 Å². The molecule has 6 rings (SSSR count). The van der Waals surface area contributed by atoms with Crippen molar-refractivity contribution < 1.29 is 23.9 Å². The molecule has 1 unspecified atom stereocenters. The summed E-state index contributed by atoms with van der Waals surface area (Å²) in [5.74, 6) is -0.139. The van der Waals surface area contributed by atoms with Crippen LogP contribution in [-0.4, -0.2) is 47.9 Å². The number of carbonyl (C=O) groups excluding carboxylic acids is 3. The van der Waals surface area contributed by atoms with Crippen molar-refractivity contribution in [3.05, 3.63) is 106 Å². The van der Waals surface area contributed by atoms with Crippen LogP contribution in [0.1, 0.15) is 61.2 Å². The first-order valence-electron chi connectivity index (χ1n) is 13.3. The van der Waals surface area contributed by atoms with E-state index in [9.17, 15) is 14.4 Å². The Morgan fingerprint density at radius 1 is 0.950 bits per heavy atom. The molecule has 0 spiro atoms. The largest absolute Gasteiger partial charge is 0.497 e. The Labute approximate surface area is 232 Å². The molecule has 0 saturated carbocycles. The topological polar surface area (TPSA) is 85.8 Å². The van der Waals surface area contributed by atoms with Gasteiger partial charge in [-0.3, -0.25) is 14.5 Å². The zero-order valence-corrected chi connectivity index (χ0v) is 22.3. The predicted molar refractivity (Wildman–Crippen MR) is 152 cm³/mol. The molecule has 2 heterocycles. The van der Waals surface area contributed by atoms with E-state index in [1.807, 2.05) is 48.5 Å². The van der Waals surface area contributed by atoms with Crippen molar-refractivity contribution in [3.63, 3.8) is 0 Å². The van der Waals surface area contributed by atoms with Crippen molar-refractivity contribution in [3.8, 4) is 5.75 Å². The number of pyridine rings is 1. The summed E-state index contributed by atoms with van der Waals surface area (Å²) in [6, 6.07) is 22.1. The lowest BCUT2D eigenvalue weighted by molar-refractivity contribution is 0.0421. The van der Waals surface area contributed by atoms with Crippen LogP contribution in [0.2, 0.25) is 0 Å². The molecule has 7 heteroatoms. The monoisotopic (exact) mass is 532 g/mol. The van der Waals surface area contributed by atoms with E-state index in [0.29, 0.717) is 34.5 Å². The normalized spacial score (nSPS) is 17.2. The second-order valence-electron chi connectivity index (χ2n) is 10.2. The molecule has 2 aliphatic rings. The standard InChI is InChI=1S/C33H28N2O5/c1-20-17-22(19-21-11-13-23(39-2)14-12-21)30-27(18-20)29(26-9-5-6-10-28(26)34-30)33(38)40-16-15-35-31(36)24-7-3-4-8-25(24)32(35)37/h3-14,19-20H,15-18H2,1-2H3. The van der Waals surface area contributed by atoms with Crippen LogP contribution in [0.3, 0.4) is 0 Å². The molecular formula is C33H28N2O5. The molecule has 200 valence electrons. The molecule has 3 aromatic carbocycles. The third-order valence-electron chi connectivity index (χ3n) is 7.51. The lowest BCUT2D eigenvalue weighted by atomic mass is 9.80. The van der Waals surface area contributed by atoms with Gasteiger partial charge in [-0.25, -0.2) is 9.78 Å². The highest BCUT2D eigenvalue weighted by molar-refractivity contribution is 6.21. The third-order valence-corrected chi connectivity index (χ3v) is 7.51. The maximum Gasteiger partial charge on any atom is 0.339 e. The van der Waals surface area contributed by atoms with Crippen LogP contribution >= 0.6 is 0 Å². The molecule has 1 aliphatic carbocycles. The number of hydrogen-bond donors (Lipinski definition) is 0. The van der Waals surface area contributed by atoms with Gasteiger partial charge in [0.2, 0.25) is 0 Å². The van der Waals surface area contributed by atoms with Crippen molar-refractivity contribution in [2.24, 2.45) is 5.92 Å². The molecule has 0 fully saturated rings. The van der Waals surface area contributed by atoms with Crippen molar-refractivity contribution in [1.29, 1.82) is 0 Å². The number of esters is 1. The zero-order chi connectivity index (χ0) is 27.8. The van der Waals surface area contributed by atoms with Gasteiger partial charge in [-0.2, -0.15) is 0 Å². The second-order valence-corrected chi connectivity index (χ2v) is 10.2. The number of hydrogen-bond acceptors (Lipinski definition) is 6. The predicted octanol–water partition coefficient (Wildman–Crippen LogP) is 5.82. The molecule has 0 N–H and O–H groups in total. The fourth-order valence-corrected chi connectivity index (χ4v) is 5.61. The Hall–Kier alpha value is -4.78. The number of methoxy groups -OCH3 is 1. The SMILES string of the molecule is COc1ccc(C=C2CC(C)Cc3c2nc2ccccc2c3C(=O)OCCN2C(=O)c3ccccc3C2=O)cc1. The van der Waals surface area contributed by atoms with E-state index in [4.69, 9.17) is 14.5 Å². The number of rotatable bonds is 6. The summed E-state index contributed by atoms with van der Waals surface area (Å²) in [6.07, 6.45) is 3.64. The van der Waals surface area contributed by atoms with E-state index in [-0.39, 0.29) is 25.0 Å². The molecule has 4 aromatic rings. The number of amides is 2. The van der Waals surface area contributed by atoms with Gasteiger partial charge in [0.25, 0.3) is 11.8 Å². The Morgan fingerprint density at radius 3 is 2.33 bits per heavy atom. The van der Waals surface area contributed by atoms with Gasteiger partial charge in [0.05, 0.1) is 41.6 Å². The van der Waals surface area contributed by atoms with Gasteiger partial charge in [0.15, 0.2) is 0 Å². The number of carbonyl (C=O) groups is 3. The highest BCUT2D eigenvalue weighted by Crippen LogP contribution is 2.39. The Balaban J connectivity index is 1.31. The lowest BCUT2D eigenvalue weighted by Gasteiger charge is -2.26. The maximum absolute atomic E-state index is 13.7. The highest BCUT2D eigenvalue weighted by Gasteiger charge is 2.35. The summed E-state index contributed by atoms with van der Waals surface area (Å²) in [4.78, 5) is 45.2. The van der Waals surface area contributed by atoms with Crippen molar-refractivity contribution in [2.45, 2.75) is 19.8 Å². The highest BCUT2D eigenvalue weighted by atomic mass is 16.5. The molecular weight excluding hydrogens is 504 g/mol. The average molecular weight is 533 g/mol. The first-order valence-corrected chi connectivity index (χ1v) is 13.3. The van der Waals surface area contributed by atoms with Crippen LogP contribution in [0.5, 0.6) is 5.75 Å². The smallest absolute Gasteiger partial charge is 0.339 e. The van der Waals surface area contributed by atoms with E-state index < -0.39 is 5.97 Å². The van der Waals surface area contributed by atoms with Gasteiger partial charge in [-0.15, -0.1) is 0 Å². The molecule has 0 bridgehead atoms. The summed E-state index contributed by atoms with van der Waals surface area (Å²) in [7, 11) is 1.64. The zero-order valence-electron chi connectivity index (χ0n) is 22.3. The molecule has 7 nitrogen and oxygen atoms in total. The van der Waals surface area contributed by atoms with Gasteiger partial charge >= 0.3 is 5.97 Å². The number of nitrogens with zero attached hydrogens (tertiary/aromatic N) is 2. The molecule has 1 atom stereocenters. The van der Waals surface area contributed by atoms with Crippen molar-refractivity contribution in [2.75, 3.05) is 20.3 Å². The van der Waals surface area contributed by atoms with Gasteiger partial charge in [0.1, 0.15) is 12.4 Å². The fraction of sp³-hybridized carbons (Fsp3) is 0.212. The van der Waals surface area contributed by atoms with Crippen LogP contribution in [0.15, 0.2) is 72.8 Å². The fourth-order valence-electron chi connectivity index (χ4n) is 5.61. The number of allylic oxidation sites excluding steroid dienone is 1. The first kappa shape index (κ1) is 25.5. The Morgan fingerprint density at radius 2 is 1.62 bits per heavy atom. The van der Waals surface area contributed by atoms with E-state index in [2.05, 4.69) is 13.0 Å². The minimum atomic E-state index is -0.482. The Kier molecular flexibility index (Phi) is 6.64.